The van der Waals surface area contributed by atoms with Gasteiger partial charge < -0.3 is 25.0 Å². The first-order valence-electron chi connectivity index (χ1n) is 7.96. The maximum absolute atomic E-state index is 12.3. The quantitative estimate of drug-likeness (QED) is 0.786. The Balaban J connectivity index is 1.75. The summed E-state index contributed by atoms with van der Waals surface area (Å²) in [7, 11) is 0. The van der Waals surface area contributed by atoms with Gasteiger partial charge in [0.15, 0.2) is 11.6 Å². The SMILES string of the molecule is CC(C)(C)OC(=O)N1CCN2c3ncc(N)cc3OCC[C@H]2C1. The molecule has 3 rings (SSSR count). The first-order chi connectivity index (χ1) is 10.8. The largest absolute Gasteiger partial charge is 0.490 e. The molecule has 0 aromatic carbocycles. The summed E-state index contributed by atoms with van der Waals surface area (Å²) < 4.78 is 11.3. The normalized spacial score (nSPS) is 20.9. The predicted octanol–water partition coefficient (Wildman–Crippen LogP) is 1.87. The number of nitrogen functional groups attached to an aromatic ring is 1. The van der Waals surface area contributed by atoms with Crippen molar-refractivity contribution in [1.82, 2.24) is 9.88 Å². The van der Waals surface area contributed by atoms with Crippen LogP contribution in [0.25, 0.3) is 0 Å². The second-order valence-electron chi connectivity index (χ2n) is 7.00. The van der Waals surface area contributed by atoms with E-state index in [2.05, 4.69) is 9.88 Å². The van der Waals surface area contributed by atoms with Gasteiger partial charge in [0.2, 0.25) is 0 Å². The summed E-state index contributed by atoms with van der Waals surface area (Å²) in [5, 5.41) is 0. The van der Waals surface area contributed by atoms with Crippen LogP contribution in [-0.2, 0) is 4.74 Å². The van der Waals surface area contributed by atoms with E-state index in [4.69, 9.17) is 15.2 Å². The van der Waals surface area contributed by atoms with Crippen molar-refractivity contribution in [3.05, 3.63) is 12.3 Å². The lowest BCUT2D eigenvalue weighted by Crippen LogP contribution is -2.55. The topological polar surface area (TPSA) is 80.9 Å². The van der Waals surface area contributed by atoms with Gasteiger partial charge in [0, 0.05) is 32.1 Å². The van der Waals surface area contributed by atoms with Crippen LogP contribution < -0.4 is 15.4 Å². The molecule has 1 aromatic heterocycles. The molecule has 1 atom stereocenters. The maximum atomic E-state index is 12.3. The first-order valence-corrected chi connectivity index (χ1v) is 7.96. The lowest BCUT2D eigenvalue weighted by atomic mass is 10.1. The van der Waals surface area contributed by atoms with Gasteiger partial charge in [-0.15, -0.1) is 0 Å². The van der Waals surface area contributed by atoms with E-state index in [1.807, 2.05) is 26.8 Å². The highest BCUT2D eigenvalue weighted by atomic mass is 16.6. The third kappa shape index (κ3) is 3.43. The van der Waals surface area contributed by atoms with Gasteiger partial charge in [-0.05, 0) is 20.8 Å². The molecule has 0 unspecified atom stereocenters. The number of amides is 1. The van der Waals surface area contributed by atoms with Crippen molar-refractivity contribution in [2.45, 2.75) is 38.8 Å². The van der Waals surface area contributed by atoms with Crippen LogP contribution in [0, 0.1) is 0 Å². The molecule has 3 heterocycles. The fourth-order valence-corrected chi connectivity index (χ4v) is 2.95. The molecular weight excluding hydrogens is 296 g/mol. The third-order valence-electron chi connectivity index (χ3n) is 3.97. The van der Waals surface area contributed by atoms with E-state index >= 15 is 0 Å². The third-order valence-corrected chi connectivity index (χ3v) is 3.97. The molecule has 0 bridgehead atoms. The van der Waals surface area contributed by atoms with Crippen LogP contribution in [0.1, 0.15) is 27.2 Å². The van der Waals surface area contributed by atoms with Crippen molar-refractivity contribution in [1.29, 1.82) is 0 Å². The van der Waals surface area contributed by atoms with E-state index in [0.29, 0.717) is 31.9 Å². The van der Waals surface area contributed by atoms with E-state index in [1.165, 1.54) is 0 Å². The molecule has 1 amide bonds. The molecule has 7 nitrogen and oxygen atoms in total. The van der Waals surface area contributed by atoms with Gasteiger partial charge >= 0.3 is 6.09 Å². The highest BCUT2D eigenvalue weighted by Crippen LogP contribution is 2.34. The molecule has 7 heteroatoms. The molecule has 2 N–H and O–H groups in total. The molecular formula is C16H24N4O3. The first kappa shape index (κ1) is 15.7. The van der Waals surface area contributed by atoms with Gasteiger partial charge in [0.1, 0.15) is 5.60 Å². The highest BCUT2D eigenvalue weighted by Gasteiger charge is 2.35. The summed E-state index contributed by atoms with van der Waals surface area (Å²) in [6, 6.07) is 1.99. The maximum Gasteiger partial charge on any atom is 0.410 e. The van der Waals surface area contributed by atoms with E-state index in [9.17, 15) is 4.79 Å². The molecule has 2 aliphatic heterocycles. The molecule has 0 radical (unpaired) electrons. The zero-order valence-electron chi connectivity index (χ0n) is 13.9. The fourth-order valence-electron chi connectivity index (χ4n) is 2.95. The zero-order valence-corrected chi connectivity index (χ0v) is 13.9. The lowest BCUT2D eigenvalue weighted by Gasteiger charge is -2.41. The number of pyridine rings is 1. The van der Waals surface area contributed by atoms with Crippen molar-refractivity contribution in [2.75, 3.05) is 36.9 Å². The van der Waals surface area contributed by atoms with Gasteiger partial charge in [-0.2, -0.15) is 0 Å². The van der Waals surface area contributed by atoms with Crippen molar-refractivity contribution in [3.63, 3.8) is 0 Å². The number of anilines is 2. The second kappa shape index (κ2) is 5.79. The average Bonchev–Trinajstić information content (AvgIpc) is 2.63. The standard InChI is InChI=1S/C16H24N4O3/c1-16(2,3)23-15(21)19-5-6-20-12(10-19)4-7-22-13-8-11(17)9-18-14(13)20/h8-9,12H,4-7,10,17H2,1-3H3/t12-/m0/s1. The van der Waals surface area contributed by atoms with E-state index in [-0.39, 0.29) is 12.1 Å². The van der Waals surface area contributed by atoms with Gasteiger partial charge in [0.05, 0.1) is 24.5 Å². The number of aromatic nitrogens is 1. The highest BCUT2D eigenvalue weighted by molar-refractivity contribution is 5.69. The molecule has 0 spiro atoms. The fraction of sp³-hybridized carbons (Fsp3) is 0.625. The number of fused-ring (bicyclic) bond motifs is 3. The number of carbonyl (C=O) groups is 1. The zero-order chi connectivity index (χ0) is 16.6. The lowest BCUT2D eigenvalue weighted by molar-refractivity contribution is 0.0210. The molecule has 0 saturated carbocycles. The molecule has 1 aromatic rings. The molecule has 1 saturated heterocycles. The van der Waals surface area contributed by atoms with Gasteiger partial charge in [-0.1, -0.05) is 0 Å². The van der Waals surface area contributed by atoms with Crippen LogP contribution in [0.3, 0.4) is 0 Å². The van der Waals surface area contributed by atoms with Gasteiger partial charge in [0.25, 0.3) is 0 Å². The molecule has 2 aliphatic rings. The molecule has 126 valence electrons. The Morgan fingerprint density at radius 2 is 2.22 bits per heavy atom. The number of carbonyl (C=O) groups excluding carboxylic acids is 1. The molecule has 23 heavy (non-hydrogen) atoms. The van der Waals surface area contributed by atoms with Gasteiger partial charge in [-0.25, -0.2) is 9.78 Å². The number of nitrogens with zero attached hydrogens (tertiary/aromatic N) is 3. The van der Waals surface area contributed by atoms with Gasteiger partial charge in [-0.3, -0.25) is 0 Å². The van der Waals surface area contributed by atoms with Crippen molar-refractivity contribution in [2.24, 2.45) is 0 Å². The Hall–Kier alpha value is -2.18. The van der Waals surface area contributed by atoms with E-state index < -0.39 is 5.60 Å². The summed E-state index contributed by atoms with van der Waals surface area (Å²) in [5.41, 5.74) is 5.90. The summed E-state index contributed by atoms with van der Waals surface area (Å²) in [6.07, 6.45) is 2.22. The Morgan fingerprint density at radius 3 is 2.96 bits per heavy atom. The number of hydrogen-bond donors (Lipinski definition) is 1. The minimum Gasteiger partial charge on any atom is -0.490 e. The molecule has 1 fully saturated rings. The molecule has 0 aliphatic carbocycles. The minimum absolute atomic E-state index is 0.175. The Labute approximate surface area is 136 Å². The monoisotopic (exact) mass is 320 g/mol. The van der Waals surface area contributed by atoms with E-state index in [1.54, 1.807) is 11.1 Å². The van der Waals surface area contributed by atoms with Crippen LogP contribution in [-0.4, -0.2) is 53.9 Å². The summed E-state index contributed by atoms with van der Waals surface area (Å²) in [6.45, 7) is 8.15. The van der Waals surface area contributed by atoms with Crippen molar-refractivity contribution < 1.29 is 14.3 Å². The Bertz CT molecular complexity index is 599. The number of ether oxygens (including phenoxy) is 2. The van der Waals surface area contributed by atoms with E-state index in [0.717, 1.165) is 18.0 Å². The summed E-state index contributed by atoms with van der Waals surface area (Å²) >= 11 is 0. The van der Waals surface area contributed by atoms with Crippen molar-refractivity contribution >= 4 is 17.6 Å². The summed E-state index contributed by atoms with van der Waals surface area (Å²) in [4.78, 5) is 20.7. The predicted molar refractivity (Wildman–Crippen MR) is 87.7 cm³/mol. The van der Waals surface area contributed by atoms with Crippen molar-refractivity contribution in [3.8, 4) is 5.75 Å². The smallest absolute Gasteiger partial charge is 0.410 e. The minimum atomic E-state index is -0.480. The van der Waals surface area contributed by atoms with Crippen LogP contribution in [0.5, 0.6) is 5.75 Å². The number of rotatable bonds is 0. The Morgan fingerprint density at radius 1 is 1.43 bits per heavy atom. The van der Waals surface area contributed by atoms with Crippen LogP contribution in [0.15, 0.2) is 12.3 Å². The van der Waals surface area contributed by atoms with Crippen LogP contribution in [0.2, 0.25) is 0 Å². The number of hydrogen-bond acceptors (Lipinski definition) is 6. The van der Waals surface area contributed by atoms with Crippen LogP contribution in [0.4, 0.5) is 16.3 Å². The second-order valence-corrected chi connectivity index (χ2v) is 7.00. The Kier molecular flexibility index (Phi) is 3.95. The number of nitrogens with two attached hydrogens (primary N) is 1. The number of piperazine rings is 1. The summed E-state index contributed by atoms with van der Waals surface area (Å²) in [5.74, 6) is 1.53. The van der Waals surface area contributed by atoms with Crippen LogP contribution >= 0.6 is 0 Å². The average molecular weight is 320 g/mol.